The molecule has 2 aromatic carbocycles. The third-order valence-corrected chi connectivity index (χ3v) is 6.75. The van der Waals surface area contributed by atoms with Gasteiger partial charge >= 0.3 is 0 Å². The molecule has 0 atom stereocenters. The van der Waals surface area contributed by atoms with Gasteiger partial charge in [-0.1, -0.05) is 12.1 Å². The topological polar surface area (TPSA) is 96.4 Å². The van der Waals surface area contributed by atoms with E-state index in [1.54, 1.807) is 35.2 Å². The molecule has 3 rings (SSSR count). The summed E-state index contributed by atoms with van der Waals surface area (Å²) in [6, 6.07) is 11.1. The van der Waals surface area contributed by atoms with Crippen molar-refractivity contribution in [3.8, 4) is 17.2 Å². The van der Waals surface area contributed by atoms with Crippen LogP contribution in [0.1, 0.15) is 5.56 Å². The van der Waals surface area contributed by atoms with Gasteiger partial charge in [-0.2, -0.15) is 4.31 Å². The highest BCUT2D eigenvalue weighted by molar-refractivity contribution is 7.89. The fourth-order valence-electron chi connectivity index (χ4n) is 3.13. The maximum absolute atomic E-state index is 12.9. The Bertz CT molecular complexity index is 1040. The zero-order chi connectivity index (χ0) is 21.7. The summed E-state index contributed by atoms with van der Waals surface area (Å²) in [6.45, 7) is 1.02. The molecule has 0 aromatic heterocycles. The molecule has 0 bridgehead atoms. The second-order valence-electron chi connectivity index (χ2n) is 6.67. The van der Waals surface area contributed by atoms with Crippen molar-refractivity contribution >= 4 is 22.0 Å². The molecule has 30 heavy (non-hydrogen) atoms. The molecule has 1 aliphatic heterocycles. The van der Waals surface area contributed by atoms with Crippen LogP contribution in [0, 0.1) is 0 Å². The highest BCUT2D eigenvalue weighted by atomic mass is 32.2. The Kier molecular flexibility index (Phi) is 6.63. The maximum Gasteiger partial charge on any atom is 0.246 e. The molecule has 1 N–H and O–H groups in total. The number of sulfonamides is 1. The first-order chi connectivity index (χ1) is 14.3. The summed E-state index contributed by atoms with van der Waals surface area (Å²) in [4.78, 5) is 14.2. The number of ether oxygens (including phenoxy) is 2. The van der Waals surface area contributed by atoms with Gasteiger partial charge in [0.05, 0.1) is 19.1 Å². The van der Waals surface area contributed by atoms with Crippen LogP contribution in [0.2, 0.25) is 0 Å². The summed E-state index contributed by atoms with van der Waals surface area (Å²) < 4.78 is 37.2. The van der Waals surface area contributed by atoms with E-state index >= 15 is 0 Å². The van der Waals surface area contributed by atoms with Crippen LogP contribution in [-0.4, -0.2) is 69.0 Å². The number of aromatic hydroxyl groups is 1. The van der Waals surface area contributed by atoms with Gasteiger partial charge in [-0.3, -0.25) is 4.79 Å². The Labute approximate surface area is 176 Å². The van der Waals surface area contributed by atoms with Gasteiger partial charge in [-0.15, -0.1) is 0 Å². The fraction of sp³-hybridized carbons (Fsp3) is 0.286. The number of carbonyl (C=O) groups excluding carboxylic acids is 1. The number of carbonyl (C=O) groups is 1. The summed E-state index contributed by atoms with van der Waals surface area (Å²) in [5, 5.41) is 9.63. The number of rotatable bonds is 6. The Hall–Kier alpha value is -3.04. The minimum atomic E-state index is -3.65. The largest absolute Gasteiger partial charge is 0.504 e. The predicted molar refractivity (Wildman–Crippen MR) is 112 cm³/mol. The lowest BCUT2D eigenvalue weighted by atomic mass is 10.2. The van der Waals surface area contributed by atoms with E-state index in [1.807, 2.05) is 0 Å². The molecular weight excluding hydrogens is 408 g/mol. The first-order valence-electron chi connectivity index (χ1n) is 9.33. The van der Waals surface area contributed by atoms with Crippen LogP contribution >= 0.6 is 0 Å². The van der Waals surface area contributed by atoms with Gasteiger partial charge in [-0.05, 0) is 35.9 Å². The van der Waals surface area contributed by atoms with E-state index in [0.29, 0.717) is 30.2 Å². The number of amides is 1. The molecule has 8 nitrogen and oxygen atoms in total. The quantitative estimate of drug-likeness (QED) is 0.701. The Morgan fingerprint density at radius 3 is 2.43 bits per heavy atom. The van der Waals surface area contributed by atoms with E-state index in [2.05, 4.69) is 0 Å². The Morgan fingerprint density at radius 2 is 1.77 bits per heavy atom. The van der Waals surface area contributed by atoms with Gasteiger partial charge in [0.1, 0.15) is 5.75 Å². The highest BCUT2D eigenvalue weighted by Gasteiger charge is 2.29. The fourth-order valence-corrected chi connectivity index (χ4v) is 4.59. The minimum absolute atomic E-state index is 0.0225. The first kappa shape index (κ1) is 21.7. The van der Waals surface area contributed by atoms with Crippen LogP contribution in [-0.2, 0) is 14.8 Å². The number of phenols is 1. The smallest absolute Gasteiger partial charge is 0.246 e. The molecule has 0 saturated carbocycles. The van der Waals surface area contributed by atoms with Gasteiger partial charge < -0.3 is 19.5 Å². The number of phenolic OH excluding ortho intramolecular Hbond substituents is 1. The summed E-state index contributed by atoms with van der Waals surface area (Å²) in [5.41, 5.74) is 0.706. The SMILES string of the molecule is COc1cccc(S(=O)(=O)N2CCN(C(=O)/C=C/c3ccc(O)c(OC)c3)CC2)c1. The molecule has 0 radical (unpaired) electrons. The zero-order valence-electron chi connectivity index (χ0n) is 16.8. The monoisotopic (exact) mass is 432 g/mol. The normalized spacial score (nSPS) is 15.3. The summed E-state index contributed by atoms with van der Waals surface area (Å²) in [7, 11) is -0.716. The van der Waals surface area contributed by atoms with Crippen molar-refractivity contribution in [2.24, 2.45) is 0 Å². The first-order valence-corrected chi connectivity index (χ1v) is 10.8. The minimum Gasteiger partial charge on any atom is -0.504 e. The third-order valence-electron chi connectivity index (χ3n) is 4.85. The third kappa shape index (κ3) is 4.74. The van der Waals surface area contributed by atoms with E-state index in [1.165, 1.54) is 42.8 Å². The van der Waals surface area contributed by atoms with Crippen LogP contribution in [0.3, 0.4) is 0 Å². The van der Waals surface area contributed by atoms with E-state index in [9.17, 15) is 18.3 Å². The molecule has 160 valence electrons. The predicted octanol–water partition coefficient (Wildman–Crippen LogP) is 1.96. The Morgan fingerprint density at radius 1 is 1.03 bits per heavy atom. The highest BCUT2D eigenvalue weighted by Crippen LogP contribution is 2.27. The molecule has 0 unspecified atom stereocenters. The molecule has 1 heterocycles. The van der Waals surface area contributed by atoms with Crippen LogP contribution in [0.5, 0.6) is 17.2 Å². The van der Waals surface area contributed by atoms with Crippen molar-refractivity contribution < 1.29 is 27.8 Å². The summed E-state index contributed by atoms with van der Waals surface area (Å²) in [5.74, 6) is 0.608. The van der Waals surface area contributed by atoms with Gasteiger partial charge in [0, 0.05) is 38.3 Å². The lowest BCUT2D eigenvalue weighted by Gasteiger charge is -2.33. The number of nitrogens with zero attached hydrogens (tertiary/aromatic N) is 2. The van der Waals surface area contributed by atoms with Crippen LogP contribution < -0.4 is 9.47 Å². The summed E-state index contributed by atoms with van der Waals surface area (Å²) in [6.07, 6.45) is 3.06. The van der Waals surface area contributed by atoms with Gasteiger partial charge in [0.15, 0.2) is 11.5 Å². The number of hydrogen-bond donors (Lipinski definition) is 1. The van der Waals surface area contributed by atoms with Crippen molar-refractivity contribution in [2.75, 3.05) is 40.4 Å². The lowest BCUT2D eigenvalue weighted by molar-refractivity contribution is -0.127. The Balaban J connectivity index is 1.62. The van der Waals surface area contributed by atoms with Gasteiger partial charge in [0.25, 0.3) is 0 Å². The van der Waals surface area contributed by atoms with Gasteiger partial charge in [0.2, 0.25) is 15.9 Å². The van der Waals surface area contributed by atoms with E-state index in [4.69, 9.17) is 9.47 Å². The second kappa shape index (κ2) is 9.19. The van der Waals surface area contributed by atoms with Crippen LogP contribution in [0.25, 0.3) is 6.08 Å². The number of benzene rings is 2. The van der Waals surface area contributed by atoms with Gasteiger partial charge in [-0.25, -0.2) is 8.42 Å². The van der Waals surface area contributed by atoms with Crippen molar-refractivity contribution in [2.45, 2.75) is 4.90 Å². The van der Waals surface area contributed by atoms with E-state index in [0.717, 1.165) is 0 Å². The molecule has 1 amide bonds. The average molecular weight is 432 g/mol. The zero-order valence-corrected chi connectivity index (χ0v) is 17.6. The molecular formula is C21H24N2O6S. The van der Waals surface area contributed by atoms with E-state index < -0.39 is 10.0 Å². The van der Waals surface area contributed by atoms with Crippen molar-refractivity contribution in [3.63, 3.8) is 0 Å². The standard InChI is InChI=1S/C21H24N2O6S/c1-28-17-4-3-5-18(15-17)30(26,27)23-12-10-22(11-13-23)21(25)9-7-16-6-8-19(24)20(14-16)29-2/h3-9,14-15,24H,10-13H2,1-2H3/b9-7+. The molecule has 0 aliphatic carbocycles. The summed E-state index contributed by atoms with van der Waals surface area (Å²) >= 11 is 0. The molecule has 2 aromatic rings. The second-order valence-corrected chi connectivity index (χ2v) is 8.61. The number of methoxy groups -OCH3 is 2. The van der Waals surface area contributed by atoms with E-state index in [-0.39, 0.29) is 29.6 Å². The maximum atomic E-state index is 12.9. The average Bonchev–Trinajstić information content (AvgIpc) is 2.78. The number of hydrogen-bond acceptors (Lipinski definition) is 6. The number of piperazine rings is 1. The molecule has 9 heteroatoms. The van der Waals surface area contributed by atoms with Crippen molar-refractivity contribution in [1.82, 2.24) is 9.21 Å². The molecule has 1 saturated heterocycles. The van der Waals surface area contributed by atoms with Crippen molar-refractivity contribution in [1.29, 1.82) is 0 Å². The molecule has 1 aliphatic rings. The van der Waals surface area contributed by atoms with Crippen LogP contribution in [0.15, 0.2) is 53.4 Å². The molecule has 1 fully saturated rings. The van der Waals surface area contributed by atoms with Crippen molar-refractivity contribution in [3.05, 3.63) is 54.1 Å². The lowest BCUT2D eigenvalue weighted by Crippen LogP contribution is -2.50. The molecule has 0 spiro atoms. The van der Waals surface area contributed by atoms with Crippen LogP contribution in [0.4, 0.5) is 0 Å².